The summed E-state index contributed by atoms with van der Waals surface area (Å²) in [6.07, 6.45) is 1.57. The highest BCUT2D eigenvalue weighted by molar-refractivity contribution is 6.17. The van der Waals surface area contributed by atoms with Crippen LogP contribution in [0.5, 0.6) is 0 Å². The lowest BCUT2D eigenvalue weighted by molar-refractivity contribution is 0.156. The normalized spacial score (nSPS) is 11.1. The molecule has 5 nitrogen and oxygen atoms in total. The number of pyridine rings is 1. The third kappa shape index (κ3) is 2.91. The van der Waals surface area contributed by atoms with Crippen molar-refractivity contribution >= 4 is 23.1 Å². The number of aryl methyl sites for hydroxylation is 1. The van der Waals surface area contributed by atoms with Crippen molar-refractivity contribution in [2.75, 3.05) is 37.6 Å². The van der Waals surface area contributed by atoms with Crippen LogP contribution in [-0.4, -0.2) is 47.3 Å². The number of likely N-dealkylation sites (N-methyl/N-ethyl adjacent to an activating group) is 1. The number of nitrogens with zero attached hydrogens (tertiary/aromatic N) is 4. The van der Waals surface area contributed by atoms with E-state index in [1.165, 1.54) is 5.56 Å². The fourth-order valence-corrected chi connectivity index (χ4v) is 1.89. The summed E-state index contributed by atoms with van der Waals surface area (Å²) in [5.74, 6) is 1.54. The molecule has 0 spiro atoms. The second-order valence-electron chi connectivity index (χ2n) is 4.14. The molecule has 2 aromatic heterocycles. The maximum absolute atomic E-state index is 5.56. The van der Waals surface area contributed by atoms with Crippen molar-refractivity contribution in [3.05, 3.63) is 24.0 Å². The molecular formula is C12H17ClN4O. The van der Waals surface area contributed by atoms with Gasteiger partial charge in [0.1, 0.15) is 12.1 Å². The Kier molecular flexibility index (Phi) is 4.38. The molecule has 2 rings (SSSR count). The number of anilines is 1. The van der Waals surface area contributed by atoms with E-state index in [0.29, 0.717) is 19.1 Å². The first-order chi connectivity index (χ1) is 8.72. The van der Waals surface area contributed by atoms with Gasteiger partial charge in [-0.2, -0.15) is 9.61 Å². The number of halogens is 1. The van der Waals surface area contributed by atoms with Gasteiger partial charge >= 0.3 is 0 Å². The third-order valence-electron chi connectivity index (χ3n) is 2.69. The fourth-order valence-electron chi connectivity index (χ4n) is 1.78. The van der Waals surface area contributed by atoms with Gasteiger partial charge in [0.2, 0.25) is 0 Å². The Labute approximate surface area is 111 Å². The lowest BCUT2D eigenvalue weighted by Crippen LogP contribution is -2.25. The van der Waals surface area contributed by atoms with Crippen LogP contribution in [0, 0.1) is 6.92 Å². The van der Waals surface area contributed by atoms with Crippen LogP contribution in [0.3, 0.4) is 0 Å². The zero-order valence-electron chi connectivity index (χ0n) is 10.6. The molecule has 98 valence electrons. The second kappa shape index (κ2) is 6.02. The summed E-state index contributed by atoms with van der Waals surface area (Å²) in [6, 6.07) is 4.09. The average Bonchev–Trinajstić information content (AvgIpc) is 2.81. The number of alkyl halides is 1. The molecule has 0 unspecified atom stereocenters. The van der Waals surface area contributed by atoms with Crippen molar-refractivity contribution in [1.29, 1.82) is 0 Å². The third-order valence-corrected chi connectivity index (χ3v) is 2.84. The highest BCUT2D eigenvalue weighted by Crippen LogP contribution is 2.16. The highest BCUT2D eigenvalue weighted by atomic mass is 35.5. The quantitative estimate of drug-likeness (QED) is 0.591. The standard InChI is InChI=1S/C12H17ClN4O/c1-10-7-11-14-9-15-17(11)12(8-10)16(2)4-6-18-5-3-13/h7-9H,3-6H2,1-2H3. The summed E-state index contributed by atoms with van der Waals surface area (Å²) >= 11 is 5.56. The number of ether oxygens (including phenoxy) is 1. The van der Waals surface area contributed by atoms with Crippen molar-refractivity contribution in [2.45, 2.75) is 6.92 Å². The van der Waals surface area contributed by atoms with Crippen LogP contribution < -0.4 is 4.90 Å². The molecule has 0 radical (unpaired) electrons. The lowest BCUT2D eigenvalue weighted by Gasteiger charge is -2.20. The minimum absolute atomic E-state index is 0.529. The van der Waals surface area contributed by atoms with E-state index in [2.05, 4.69) is 28.0 Å². The Morgan fingerprint density at radius 1 is 1.39 bits per heavy atom. The Morgan fingerprint density at radius 2 is 2.22 bits per heavy atom. The zero-order chi connectivity index (χ0) is 13.0. The summed E-state index contributed by atoms with van der Waals surface area (Å²) in [5.41, 5.74) is 2.03. The smallest absolute Gasteiger partial charge is 0.157 e. The van der Waals surface area contributed by atoms with E-state index in [1.807, 2.05) is 17.6 Å². The van der Waals surface area contributed by atoms with Crippen molar-refractivity contribution in [1.82, 2.24) is 14.6 Å². The molecule has 2 heterocycles. The summed E-state index contributed by atoms with van der Waals surface area (Å²) in [4.78, 5) is 6.31. The Bertz CT molecular complexity index is 514. The molecule has 0 aliphatic rings. The summed E-state index contributed by atoms with van der Waals surface area (Å²) in [5, 5.41) is 4.23. The second-order valence-corrected chi connectivity index (χ2v) is 4.52. The van der Waals surface area contributed by atoms with Crippen LogP contribution in [0.4, 0.5) is 5.82 Å². The number of rotatable bonds is 6. The van der Waals surface area contributed by atoms with E-state index >= 15 is 0 Å². The van der Waals surface area contributed by atoms with Gasteiger partial charge in [0.05, 0.1) is 13.2 Å². The van der Waals surface area contributed by atoms with Crippen LogP contribution in [0.25, 0.3) is 5.65 Å². The number of aromatic nitrogens is 3. The first-order valence-electron chi connectivity index (χ1n) is 5.87. The largest absolute Gasteiger partial charge is 0.378 e. The SMILES string of the molecule is Cc1cc(N(C)CCOCCCl)n2ncnc2c1. The topological polar surface area (TPSA) is 42.7 Å². The first-order valence-corrected chi connectivity index (χ1v) is 6.41. The number of hydrogen-bond donors (Lipinski definition) is 0. The first kappa shape index (κ1) is 13.1. The lowest BCUT2D eigenvalue weighted by atomic mass is 10.3. The molecule has 0 amide bonds. The molecule has 0 N–H and O–H groups in total. The average molecular weight is 269 g/mol. The van der Waals surface area contributed by atoms with Gasteiger partial charge in [0.25, 0.3) is 0 Å². The maximum Gasteiger partial charge on any atom is 0.157 e. The van der Waals surface area contributed by atoms with E-state index in [0.717, 1.165) is 18.0 Å². The molecule has 18 heavy (non-hydrogen) atoms. The molecule has 0 aromatic carbocycles. The fraction of sp³-hybridized carbons (Fsp3) is 0.500. The molecule has 0 aliphatic carbocycles. The molecule has 6 heteroatoms. The van der Waals surface area contributed by atoms with E-state index in [-0.39, 0.29) is 0 Å². The summed E-state index contributed by atoms with van der Waals surface area (Å²) in [7, 11) is 2.01. The van der Waals surface area contributed by atoms with Gasteiger partial charge in [-0.1, -0.05) is 0 Å². The van der Waals surface area contributed by atoms with Crippen LogP contribution in [0.1, 0.15) is 5.56 Å². The number of fused-ring (bicyclic) bond motifs is 1. The minimum Gasteiger partial charge on any atom is -0.378 e. The molecule has 0 aliphatic heterocycles. The van der Waals surface area contributed by atoms with E-state index in [1.54, 1.807) is 6.33 Å². The predicted molar refractivity (Wildman–Crippen MR) is 72.5 cm³/mol. The Balaban J connectivity index is 2.11. The van der Waals surface area contributed by atoms with Crippen molar-refractivity contribution in [3.8, 4) is 0 Å². The van der Waals surface area contributed by atoms with Gasteiger partial charge in [0.15, 0.2) is 5.65 Å². The highest BCUT2D eigenvalue weighted by Gasteiger charge is 2.08. The Hall–Kier alpha value is -1.33. The predicted octanol–water partition coefficient (Wildman–Crippen LogP) is 1.73. The molecule has 0 bridgehead atoms. The molecule has 2 aromatic rings. The van der Waals surface area contributed by atoms with Crippen LogP contribution in [0.2, 0.25) is 0 Å². The van der Waals surface area contributed by atoms with E-state index in [4.69, 9.17) is 16.3 Å². The van der Waals surface area contributed by atoms with Crippen molar-refractivity contribution in [2.24, 2.45) is 0 Å². The van der Waals surface area contributed by atoms with E-state index in [9.17, 15) is 0 Å². The maximum atomic E-state index is 5.56. The van der Waals surface area contributed by atoms with Gasteiger partial charge in [-0.3, -0.25) is 0 Å². The Morgan fingerprint density at radius 3 is 3.00 bits per heavy atom. The van der Waals surface area contributed by atoms with Gasteiger partial charge < -0.3 is 9.64 Å². The summed E-state index contributed by atoms with van der Waals surface area (Å²) < 4.78 is 7.21. The molecule has 0 saturated carbocycles. The molecule has 0 atom stereocenters. The zero-order valence-corrected chi connectivity index (χ0v) is 11.4. The van der Waals surface area contributed by atoms with E-state index < -0.39 is 0 Å². The number of hydrogen-bond acceptors (Lipinski definition) is 4. The molecular weight excluding hydrogens is 252 g/mol. The van der Waals surface area contributed by atoms with Crippen LogP contribution >= 0.6 is 11.6 Å². The van der Waals surface area contributed by atoms with Crippen molar-refractivity contribution < 1.29 is 4.74 Å². The van der Waals surface area contributed by atoms with Crippen LogP contribution in [-0.2, 0) is 4.74 Å². The summed E-state index contributed by atoms with van der Waals surface area (Å²) in [6.45, 7) is 4.07. The van der Waals surface area contributed by atoms with Gasteiger partial charge in [-0.15, -0.1) is 11.6 Å². The molecule has 0 saturated heterocycles. The van der Waals surface area contributed by atoms with Gasteiger partial charge in [-0.05, 0) is 24.6 Å². The van der Waals surface area contributed by atoms with Gasteiger partial charge in [0, 0.05) is 19.5 Å². The van der Waals surface area contributed by atoms with Crippen LogP contribution in [0.15, 0.2) is 18.5 Å². The van der Waals surface area contributed by atoms with Crippen molar-refractivity contribution in [3.63, 3.8) is 0 Å². The molecule has 0 fully saturated rings. The van der Waals surface area contributed by atoms with Gasteiger partial charge in [-0.25, -0.2) is 4.98 Å². The minimum atomic E-state index is 0.529. The monoisotopic (exact) mass is 268 g/mol.